The average molecular weight is 665 g/mol. The van der Waals surface area contributed by atoms with Gasteiger partial charge >= 0.3 is 5.97 Å². The maximum atomic E-state index is 13.6. The van der Waals surface area contributed by atoms with Crippen molar-refractivity contribution in [3.63, 3.8) is 0 Å². The molecule has 0 bridgehead atoms. The molecule has 48 heavy (non-hydrogen) atoms. The Morgan fingerprint density at radius 1 is 1.10 bits per heavy atom. The third-order valence-electron chi connectivity index (χ3n) is 9.70. The quantitative estimate of drug-likeness (QED) is 0.0660. The zero-order chi connectivity index (χ0) is 34.5. The molecule has 1 saturated carbocycles. The third kappa shape index (κ3) is 11.4. The Labute approximate surface area is 285 Å². The van der Waals surface area contributed by atoms with Crippen LogP contribution in [0.5, 0.6) is 11.5 Å². The van der Waals surface area contributed by atoms with Gasteiger partial charge in [-0.25, -0.2) is 0 Å². The number of aliphatic hydroxyl groups is 1. The number of aliphatic hydroxyl groups excluding tert-OH is 1. The summed E-state index contributed by atoms with van der Waals surface area (Å²) in [5.74, 6) is 0.161. The van der Waals surface area contributed by atoms with Gasteiger partial charge < -0.3 is 36.1 Å². The van der Waals surface area contributed by atoms with E-state index in [4.69, 9.17) is 20.9 Å². The average Bonchev–Trinajstić information content (AvgIpc) is 3.65. The molecule has 10 heteroatoms. The highest BCUT2D eigenvalue weighted by Gasteiger charge is 2.43. The maximum Gasteiger partial charge on any atom is 0.302 e. The van der Waals surface area contributed by atoms with Crippen molar-refractivity contribution < 1.29 is 29.3 Å². The van der Waals surface area contributed by atoms with Gasteiger partial charge in [-0.3, -0.25) is 14.6 Å². The van der Waals surface area contributed by atoms with Crippen LogP contribution in [-0.4, -0.2) is 64.4 Å². The van der Waals surface area contributed by atoms with E-state index in [0.29, 0.717) is 69.3 Å². The summed E-state index contributed by atoms with van der Waals surface area (Å²) in [5.41, 5.74) is 13.6. The second kappa shape index (κ2) is 18.1. The molecule has 0 aromatic heterocycles. The van der Waals surface area contributed by atoms with Crippen molar-refractivity contribution in [2.24, 2.45) is 21.9 Å². The van der Waals surface area contributed by atoms with Crippen LogP contribution in [0.2, 0.25) is 0 Å². The highest BCUT2D eigenvalue weighted by atomic mass is 16.5. The van der Waals surface area contributed by atoms with Crippen LogP contribution in [0.3, 0.4) is 0 Å². The lowest BCUT2D eigenvalue weighted by atomic mass is 9.78. The van der Waals surface area contributed by atoms with E-state index in [0.717, 1.165) is 56.1 Å². The number of guanidine groups is 1. The standard InChI is InChI=1S/C38H56N4O6/c1-3-4-6-13-31(44)22-33(47-27(2)43)17-16-29-20-30(36(46)34(21-29)48-32-14-9-10-15-32)25-42-26-38(24-35(42)45,18-19-41-37(39)40)23-28-11-7-5-8-12-28/h5,7-8,11-12,20-21,31-33,44,46H,3-4,6,9-10,13-19,22-26H2,1-2H3,(H4,39,40,41). The molecule has 264 valence electrons. The zero-order valence-corrected chi connectivity index (χ0v) is 28.9. The summed E-state index contributed by atoms with van der Waals surface area (Å²) in [6, 6.07) is 13.9. The molecule has 6 N–H and O–H groups in total. The Morgan fingerprint density at radius 3 is 2.54 bits per heavy atom. The van der Waals surface area contributed by atoms with Crippen molar-refractivity contribution in [3.8, 4) is 11.5 Å². The van der Waals surface area contributed by atoms with Gasteiger partial charge in [0.2, 0.25) is 5.91 Å². The molecule has 1 aliphatic heterocycles. The number of ether oxygens (including phenoxy) is 2. The van der Waals surface area contributed by atoms with Crippen LogP contribution < -0.4 is 16.2 Å². The van der Waals surface area contributed by atoms with E-state index in [9.17, 15) is 19.8 Å². The van der Waals surface area contributed by atoms with Crippen LogP contribution in [0, 0.1) is 5.41 Å². The van der Waals surface area contributed by atoms with Crippen LogP contribution >= 0.6 is 0 Å². The second-order valence-electron chi connectivity index (χ2n) is 13.9. The number of amides is 1. The Balaban J connectivity index is 1.55. The minimum absolute atomic E-state index is 0.0191. The van der Waals surface area contributed by atoms with Gasteiger partial charge in [-0.2, -0.15) is 0 Å². The van der Waals surface area contributed by atoms with Crippen LogP contribution in [-0.2, 0) is 33.7 Å². The SMILES string of the molecule is CCCCCC(O)CC(CCc1cc(CN2CC(CCN=C(N)N)(Cc3ccccc3)CC2=O)c(O)c(OC2CCCC2)c1)OC(C)=O. The summed E-state index contributed by atoms with van der Waals surface area (Å²) in [7, 11) is 0. The molecule has 1 amide bonds. The number of aryl methyl sites for hydroxylation is 1. The molecule has 3 unspecified atom stereocenters. The monoisotopic (exact) mass is 664 g/mol. The Hall–Kier alpha value is -3.79. The number of hydrogen-bond acceptors (Lipinski definition) is 7. The minimum Gasteiger partial charge on any atom is -0.504 e. The van der Waals surface area contributed by atoms with Crippen LogP contribution in [0.25, 0.3) is 0 Å². The number of rotatable bonds is 19. The predicted octanol–water partition coefficient (Wildman–Crippen LogP) is 5.53. The predicted molar refractivity (Wildman–Crippen MR) is 188 cm³/mol. The minimum atomic E-state index is -0.540. The first-order valence-electron chi connectivity index (χ1n) is 17.8. The first-order valence-corrected chi connectivity index (χ1v) is 17.8. The van der Waals surface area contributed by atoms with E-state index in [1.807, 2.05) is 35.2 Å². The molecule has 2 aliphatic rings. The van der Waals surface area contributed by atoms with Gasteiger partial charge in [-0.05, 0) is 75.0 Å². The Kier molecular flexibility index (Phi) is 14.0. The Morgan fingerprint density at radius 2 is 1.85 bits per heavy atom. The number of benzene rings is 2. The van der Waals surface area contributed by atoms with E-state index >= 15 is 0 Å². The number of carbonyl (C=O) groups is 2. The molecular weight excluding hydrogens is 608 g/mol. The number of unbranched alkanes of at least 4 members (excludes halogenated alkanes) is 2. The number of esters is 1. The number of carbonyl (C=O) groups excluding carboxylic acids is 2. The number of phenolic OH excluding ortho intramolecular Hbond substituents is 1. The molecule has 10 nitrogen and oxygen atoms in total. The number of likely N-dealkylation sites (tertiary alicyclic amines) is 1. The number of nitrogens with zero attached hydrogens (tertiary/aromatic N) is 2. The first-order chi connectivity index (χ1) is 23.1. The molecule has 1 heterocycles. The van der Waals surface area contributed by atoms with Crippen LogP contribution in [0.15, 0.2) is 47.5 Å². The summed E-state index contributed by atoms with van der Waals surface area (Å²) in [4.78, 5) is 31.6. The number of hydrogen-bond donors (Lipinski definition) is 4. The van der Waals surface area contributed by atoms with Gasteiger partial charge in [0, 0.05) is 50.4 Å². The molecule has 2 aromatic carbocycles. The molecular formula is C38H56N4O6. The van der Waals surface area contributed by atoms with Crippen LogP contribution in [0.4, 0.5) is 0 Å². The van der Waals surface area contributed by atoms with Gasteiger partial charge in [0.1, 0.15) is 6.10 Å². The summed E-state index contributed by atoms with van der Waals surface area (Å²) < 4.78 is 12.0. The molecule has 2 aromatic rings. The van der Waals surface area contributed by atoms with E-state index < -0.39 is 12.2 Å². The van der Waals surface area contributed by atoms with Gasteiger partial charge in [-0.15, -0.1) is 0 Å². The summed E-state index contributed by atoms with van der Waals surface area (Å²) >= 11 is 0. The van der Waals surface area contributed by atoms with Crippen molar-refractivity contribution in [2.45, 2.75) is 129 Å². The molecule has 3 atom stereocenters. The van der Waals surface area contributed by atoms with Crippen molar-refractivity contribution >= 4 is 17.8 Å². The highest BCUT2D eigenvalue weighted by molar-refractivity contribution is 5.80. The summed E-state index contributed by atoms with van der Waals surface area (Å²) in [6.07, 6.45) is 10.0. The summed E-state index contributed by atoms with van der Waals surface area (Å²) in [5, 5.41) is 22.1. The fourth-order valence-electron chi connectivity index (χ4n) is 7.26. The molecule has 4 rings (SSSR count). The molecule has 0 spiro atoms. The van der Waals surface area contributed by atoms with Gasteiger partial charge in [-0.1, -0.05) is 62.6 Å². The number of nitrogens with two attached hydrogens (primary N) is 2. The lowest BCUT2D eigenvalue weighted by Gasteiger charge is -2.29. The fourth-order valence-corrected chi connectivity index (χ4v) is 7.26. The van der Waals surface area contributed by atoms with Crippen molar-refractivity contribution in [1.29, 1.82) is 0 Å². The fraction of sp³-hybridized carbons (Fsp3) is 0.605. The molecule has 2 fully saturated rings. The third-order valence-corrected chi connectivity index (χ3v) is 9.70. The smallest absolute Gasteiger partial charge is 0.302 e. The van der Waals surface area contributed by atoms with E-state index in [1.54, 1.807) is 0 Å². The highest BCUT2D eigenvalue weighted by Crippen LogP contribution is 2.41. The van der Waals surface area contributed by atoms with E-state index in [1.165, 1.54) is 6.92 Å². The van der Waals surface area contributed by atoms with Crippen molar-refractivity contribution in [3.05, 3.63) is 59.2 Å². The lowest BCUT2D eigenvalue weighted by Crippen LogP contribution is -2.31. The summed E-state index contributed by atoms with van der Waals surface area (Å²) in [6.45, 7) is 4.69. The topological polar surface area (TPSA) is 161 Å². The Bertz CT molecular complexity index is 1360. The van der Waals surface area contributed by atoms with E-state index in [-0.39, 0.29) is 41.6 Å². The van der Waals surface area contributed by atoms with Crippen molar-refractivity contribution in [2.75, 3.05) is 13.1 Å². The number of aliphatic imine (C=N–C) groups is 1. The molecule has 0 radical (unpaired) electrons. The maximum absolute atomic E-state index is 13.6. The number of aromatic hydroxyl groups is 1. The number of phenols is 1. The van der Waals surface area contributed by atoms with E-state index in [2.05, 4.69) is 24.0 Å². The van der Waals surface area contributed by atoms with Gasteiger partial charge in [0.05, 0.1) is 12.2 Å². The van der Waals surface area contributed by atoms with Gasteiger partial charge in [0.15, 0.2) is 17.5 Å². The normalized spacial score (nSPS) is 19.3. The van der Waals surface area contributed by atoms with Crippen LogP contribution in [0.1, 0.15) is 108 Å². The van der Waals surface area contributed by atoms with Crippen molar-refractivity contribution in [1.82, 2.24) is 4.90 Å². The lowest BCUT2D eigenvalue weighted by molar-refractivity contribution is -0.148. The molecule has 1 saturated heterocycles. The first kappa shape index (κ1) is 37.0. The molecule has 1 aliphatic carbocycles. The van der Waals surface area contributed by atoms with Gasteiger partial charge in [0.25, 0.3) is 0 Å². The largest absolute Gasteiger partial charge is 0.504 e. The second-order valence-corrected chi connectivity index (χ2v) is 13.9. The zero-order valence-electron chi connectivity index (χ0n) is 28.9.